The van der Waals surface area contributed by atoms with Crippen LogP contribution in [0.1, 0.15) is 37.8 Å². The van der Waals surface area contributed by atoms with Crippen molar-refractivity contribution >= 4 is 11.6 Å². The molecule has 0 atom stereocenters. The Morgan fingerprint density at radius 1 is 1.27 bits per heavy atom. The molecule has 0 saturated carbocycles. The molecule has 1 N–H and O–H groups in total. The minimum Gasteiger partial charge on any atom is -0.325 e. The maximum atomic E-state index is 12.0. The van der Waals surface area contributed by atoms with Crippen molar-refractivity contribution in [1.29, 1.82) is 0 Å². The zero-order valence-corrected chi connectivity index (χ0v) is 9.55. The van der Waals surface area contributed by atoms with E-state index in [1.807, 2.05) is 12.1 Å². The van der Waals surface area contributed by atoms with Crippen molar-refractivity contribution in [3.63, 3.8) is 0 Å². The van der Waals surface area contributed by atoms with Crippen molar-refractivity contribution in [2.45, 2.75) is 39.0 Å². The Hall–Kier alpha value is -1.31. The number of carbonyl (C=O) groups excluding carboxylic acids is 1. The van der Waals surface area contributed by atoms with Crippen molar-refractivity contribution in [2.75, 3.05) is 5.32 Å². The quantitative estimate of drug-likeness (QED) is 0.786. The molecule has 0 aromatic heterocycles. The summed E-state index contributed by atoms with van der Waals surface area (Å²) >= 11 is 0. The van der Waals surface area contributed by atoms with Crippen molar-refractivity contribution in [2.24, 2.45) is 0 Å². The lowest BCUT2D eigenvalue weighted by Crippen LogP contribution is -2.32. The van der Waals surface area contributed by atoms with Gasteiger partial charge in [0, 0.05) is 5.69 Å². The number of aryl methyl sites for hydroxylation is 1. The summed E-state index contributed by atoms with van der Waals surface area (Å²) in [6.45, 7) is 6.24. The maximum absolute atomic E-state index is 12.0. The highest BCUT2D eigenvalue weighted by molar-refractivity contribution is 6.06. The van der Waals surface area contributed by atoms with E-state index in [-0.39, 0.29) is 11.3 Å². The van der Waals surface area contributed by atoms with Gasteiger partial charge in [-0.3, -0.25) is 4.79 Å². The van der Waals surface area contributed by atoms with E-state index >= 15 is 0 Å². The summed E-state index contributed by atoms with van der Waals surface area (Å²) < 4.78 is 0. The highest BCUT2D eigenvalue weighted by atomic mass is 16.2. The highest BCUT2D eigenvalue weighted by Gasteiger charge is 2.43. The van der Waals surface area contributed by atoms with Crippen LogP contribution in [0.2, 0.25) is 0 Å². The van der Waals surface area contributed by atoms with E-state index in [9.17, 15) is 4.79 Å². The minimum atomic E-state index is -0.290. The van der Waals surface area contributed by atoms with Crippen LogP contribution in [0.5, 0.6) is 0 Å². The zero-order valence-electron chi connectivity index (χ0n) is 9.55. The molecule has 1 aliphatic rings. The van der Waals surface area contributed by atoms with Gasteiger partial charge in [-0.2, -0.15) is 0 Å². The number of nitrogens with one attached hydrogen (secondary N) is 1. The normalized spacial score (nSPS) is 17.4. The molecule has 0 spiro atoms. The molecule has 0 unspecified atom stereocenters. The lowest BCUT2D eigenvalue weighted by molar-refractivity contribution is -0.121. The molecule has 1 heterocycles. The summed E-state index contributed by atoms with van der Waals surface area (Å²) in [5.41, 5.74) is 3.10. The number of amides is 1. The lowest BCUT2D eigenvalue weighted by Gasteiger charge is -2.24. The van der Waals surface area contributed by atoms with E-state index in [4.69, 9.17) is 0 Å². The van der Waals surface area contributed by atoms with Gasteiger partial charge in [-0.25, -0.2) is 0 Å². The van der Waals surface area contributed by atoms with Crippen LogP contribution >= 0.6 is 0 Å². The maximum Gasteiger partial charge on any atom is 0.235 e. The highest BCUT2D eigenvalue weighted by Crippen LogP contribution is 2.42. The number of fused-ring (bicyclic) bond motifs is 1. The van der Waals surface area contributed by atoms with Crippen LogP contribution in [0.15, 0.2) is 18.2 Å². The third-order valence-electron chi connectivity index (χ3n) is 3.58. The van der Waals surface area contributed by atoms with Gasteiger partial charge < -0.3 is 5.32 Å². The van der Waals surface area contributed by atoms with E-state index in [2.05, 4.69) is 32.2 Å². The van der Waals surface area contributed by atoms with E-state index < -0.39 is 0 Å². The predicted octanol–water partition coefficient (Wildman–Crippen LogP) is 3.00. The van der Waals surface area contributed by atoms with Gasteiger partial charge in [0.05, 0.1) is 5.41 Å². The van der Waals surface area contributed by atoms with Crippen LogP contribution in [0.4, 0.5) is 5.69 Å². The average molecular weight is 203 g/mol. The van der Waals surface area contributed by atoms with Gasteiger partial charge in [0.1, 0.15) is 0 Å². The van der Waals surface area contributed by atoms with Crippen LogP contribution in [-0.4, -0.2) is 5.91 Å². The second-order valence-electron chi connectivity index (χ2n) is 4.29. The Kier molecular flexibility index (Phi) is 2.29. The van der Waals surface area contributed by atoms with Crippen LogP contribution in [0.25, 0.3) is 0 Å². The van der Waals surface area contributed by atoms with Crippen molar-refractivity contribution < 1.29 is 4.79 Å². The second kappa shape index (κ2) is 3.37. The summed E-state index contributed by atoms with van der Waals surface area (Å²) in [7, 11) is 0. The molecule has 1 aromatic carbocycles. The largest absolute Gasteiger partial charge is 0.325 e. The summed E-state index contributed by atoms with van der Waals surface area (Å²) in [6.07, 6.45) is 1.73. The first-order valence-corrected chi connectivity index (χ1v) is 5.56. The fourth-order valence-corrected chi connectivity index (χ4v) is 2.48. The second-order valence-corrected chi connectivity index (χ2v) is 4.29. The Labute approximate surface area is 90.7 Å². The SMILES string of the molecule is CCC1(CC)C(=O)Nc2ccc(C)cc21. The molecule has 15 heavy (non-hydrogen) atoms. The summed E-state index contributed by atoms with van der Waals surface area (Å²) in [5.74, 6) is 0.160. The number of anilines is 1. The lowest BCUT2D eigenvalue weighted by atomic mass is 9.76. The van der Waals surface area contributed by atoms with Crippen LogP contribution in [0, 0.1) is 6.92 Å². The van der Waals surface area contributed by atoms with E-state index in [0.29, 0.717) is 0 Å². The Morgan fingerprint density at radius 2 is 1.93 bits per heavy atom. The first-order valence-electron chi connectivity index (χ1n) is 5.56. The van der Waals surface area contributed by atoms with Crippen LogP contribution < -0.4 is 5.32 Å². The third-order valence-corrected chi connectivity index (χ3v) is 3.58. The molecular formula is C13H17NO. The van der Waals surface area contributed by atoms with E-state index in [0.717, 1.165) is 18.5 Å². The van der Waals surface area contributed by atoms with Gasteiger partial charge in [-0.05, 0) is 31.4 Å². The molecule has 1 aromatic rings. The molecule has 0 saturated heterocycles. The van der Waals surface area contributed by atoms with Gasteiger partial charge in [0.25, 0.3) is 0 Å². The first-order chi connectivity index (χ1) is 7.14. The Bertz CT molecular complexity index is 405. The molecule has 1 amide bonds. The van der Waals surface area contributed by atoms with Crippen LogP contribution in [-0.2, 0) is 10.2 Å². The fourth-order valence-electron chi connectivity index (χ4n) is 2.48. The van der Waals surface area contributed by atoms with E-state index in [1.54, 1.807) is 0 Å². The van der Waals surface area contributed by atoms with Gasteiger partial charge >= 0.3 is 0 Å². The molecule has 2 nitrogen and oxygen atoms in total. The zero-order chi connectivity index (χ0) is 11.1. The smallest absolute Gasteiger partial charge is 0.235 e. The first kappa shape index (κ1) is 10.2. The van der Waals surface area contributed by atoms with Crippen molar-refractivity contribution in [1.82, 2.24) is 0 Å². The molecular weight excluding hydrogens is 186 g/mol. The standard InChI is InChI=1S/C13H17NO/c1-4-13(5-2)10-8-9(3)6-7-11(10)14-12(13)15/h6-8H,4-5H2,1-3H3,(H,14,15). The number of rotatable bonds is 2. The van der Waals surface area contributed by atoms with Gasteiger partial charge in [0.15, 0.2) is 0 Å². The number of carbonyl (C=O) groups is 1. The van der Waals surface area contributed by atoms with Crippen molar-refractivity contribution in [3.05, 3.63) is 29.3 Å². The van der Waals surface area contributed by atoms with Crippen LogP contribution in [0.3, 0.4) is 0 Å². The van der Waals surface area contributed by atoms with Gasteiger partial charge in [-0.15, -0.1) is 0 Å². The molecule has 80 valence electrons. The molecule has 0 aliphatic carbocycles. The topological polar surface area (TPSA) is 29.1 Å². The Morgan fingerprint density at radius 3 is 2.53 bits per heavy atom. The molecule has 2 heteroatoms. The average Bonchev–Trinajstić information content (AvgIpc) is 2.50. The predicted molar refractivity (Wildman–Crippen MR) is 62.1 cm³/mol. The minimum absolute atomic E-state index is 0.160. The number of hydrogen-bond donors (Lipinski definition) is 1. The van der Waals surface area contributed by atoms with Gasteiger partial charge in [-0.1, -0.05) is 31.5 Å². The third kappa shape index (κ3) is 1.28. The van der Waals surface area contributed by atoms with Gasteiger partial charge in [0.2, 0.25) is 5.91 Å². The molecule has 1 aliphatic heterocycles. The molecule has 2 rings (SSSR count). The van der Waals surface area contributed by atoms with E-state index in [1.165, 1.54) is 11.1 Å². The number of hydrogen-bond acceptors (Lipinski definition) is 1. The fraction of sp³-hybridized carbons (Fsp3) is 0.462. The number of benzene rings is 1. The molecule has 0 bridgehead atoms. The monoisotopic (exact) mass is 203 g/mol. The molecule has 0 fully saturated rings. The summed E-state index contributed by atoms with van der Waals surface area (Å²) in [4.78, 5) is 12.0. The summed E-state index contributed by atoms with van der Waals surface area (Å²) in [6, 6.07) is 6.19. The summed E-state index contributed by atoms with van der Waals surface area (Å²) in [5, 5.41) is 2.98. The Balaban J connectivity index is 2.61. The van der Waals surface area contributed by atoms with Crippen molar-refractivity contribution in [3.8, 4) is 0 Å². The molecule has 0 radical (unpaired) electrons.